The quantitative estimate of drug-likeness (QED) is 0.612. The topological polar surface area (TPSA) is 58.6 Å². The van der Waals surface area contributed by atoms with E-state index in [4.69, 9.17) is 4.74 Å². The Hall–Kier alpha value is -3.08. The summed E-state index contributed by atoms with van der Waals surface area (Å²) in [4.78, 5) is 28.0. The maximum atomic E-state index is 13.5. The smallest absolute Gasteiger partial charge is 0.289 e. The fourth-order valence-corrected chi connectivity index (χ4v) is 5.47. The third-order valence-electron chi connectivity index (χ3n) is 7.45. The number of nitrogens with zero attached hydrogens (tertiary/aromatic N) is 1. The normalized spacial score (nSPS) is 24.1. The molecule has 2 amide bonds. The molecule has 2 aliphatic carbocycles. The maximum absolute atomic E-state index is 13.5. The second-order valence-electron chi connectivity index (χ2n) is 10.0. The van der Waals surface area contributed by atoms with Crippen LogP contribution in [0.3, 0.4) is 0 Å². The summed E-state index contributed by atoms with van der Waals surface area (Å²) >= 11 is 0. The molecule has 1 aliphatic heterocycles. The zero-order chi connectivity index (χ0) is 23.5. The molecule has 5 nitrogen and oxygen atoms in total. The van der Waals surface area contributed by atoms with Crippen LogP contribution in [0.2, 0.25) is 0 Å². The maximum Gasteiger partial charge on any atom is 0.289 e. The lowest BCUT2D eigenvalue weighted by Gasteiger charge is -2.44. The van der Waals surface area contributed by atoms with Gasteiger partial charge in [0.05, 0.1) is 6.04 Å². The van der Waals surface area contributed by atoms with E-state index in [2.05, 4.69) is 36.5 Å². The fraction of sp³-hybridized carbons (Fsp3) is 0.448. The second-order valence-corrected chi connectivity index (χ2v) is 10.0. The van der Waals surface area contributed by atoms with Crippen LogP contribution in [0, 0.1) is 6.92 Å². The van der Waals surface area contributed by atoms with E-state index in [0.29, 0.717) is 23.9 Å². The SMILES string of the molecule is Cc1ccc(CN2C(=O)/C(=C\c3ccc(C(=O)NC4CCCC4)cc3)OC3CCCCC32)cc1. The first kappa shape index (κ1) is 22.7. The summed E-state index contributed by atoms with van der Waals surface area (Å²) < 4.78 is 6.25. The number of morpholine rings is 1. The molecule has 0 bridgehead atoms. The van der Waals surface area contributed by atoms with E-state index in [0.717, 1.165) is 49.7 Å². The highest BCUT2D eigenvalue weighted by Gasteiger charge is 2.41. The molecule has 0 radical (unpaired) electrons. The number of amides is 2. The number of nitrogens with one attached hydrogen (secondary N) is 1. The number of carbonyl (C=O) groups excluding carboxylic acids is 2. The number of rotatable bonds is 5. The van der Waals surface area contributed by atoms with Crippen molar-refractivity contribution in [3.63, 3.8) is 0 Å². The van der Waals surface area contributed by atoms with E-state index in [1.165, 1.54) is 18.4 Å². The molecule has 5 heteroatoms. The first-order valence-electron chi connectivity index (χ1n) is 12.7. The van der Waals surface area contributed by atoms with Gasteiger partial charge in [-0.05, 0) is 68.4 Å². The molecule has 1 heterocycles. The largest absolute Gasteiger partial charge is 0.482 e. The van der Waals surface area contributed by atoms with Crippen LogP contribution < -0.4 is 5.32 Å². The molecule has 1 saturated heterocycles. The van der Waals surface area contributed by atoms with Crippen LogP contribution in [0.4, 0.5) is 0 Å². The van der Waals surface area contributed by atoms with Gasteiger partial charge in [0.25, 0.3) is 11.8 Å². The van der Waals surface area contributed by atoms with Crippen molar-refractivity contribution in [1.29, 1.82) is 0 Å². The molecule has 2 saturated carbocycles. The Bertz CT molecular complexity index is 1050. The standard InChI is InChI=1S/C29H34N2O3/c1-20-10-12-22(13-11-20)19-31-25-8-4-5-9-26(25)34-27(29(31)33)18-21-14-16-23(17-15-21)28(32)30-24-6-2-3-7-24/h10-18,24-26H,2-9,19H2,1H3,(H,30,32)/b27-18+. The summed E-state index contributed by atoms with van der Waals surface area (Å²) in [6.45, 7) is 2.67. The van der Waals surface area contributed by atoms with E-state index in [-0.39, 0.29) is 24.0 Å². The first-order chi connectivity index (χ1) is 16.6. The summed E-state index contributed by atoms with van der Waals surface area (Å²) in [6, 6.07) is 16.3. The van der Waals surface area contributed by atoms with Gasteiger partial charge in [-0.2, -0.15) is 0 Å². The Balaban J connectivity index is 1.33. The minimum Gasteiger partial charge on any atom is -0.482 e. The molecule has 3 fully saturated rings. The highest BCUT2D eigenvalue weighted by molar-refractivity contribution is 5.97. The summed E-state index contributed by atoms with van der Waals surface area (Å²) in [5.41, 5.74) is 3.87. The molecule has 178 valence electrons. The van der Waals surface area contributed by atoms with Crippen LogP contribution in [-0.4, -0.2) is 34.9 Å². The van der Waals surface area contributed by atoms with E-state index in [1.54, 1.807) is 0 Å². The highest BCUT2D eigenvalue weighted by atomic mass is 16.5. The number of aryl methyl sites for hydroxylation is 1. The van der Waals surface area contributed by atoms with Crippen molar-refractivity contribution in [2.24, 2.45) is 0 Å². The van der Waals surface area contributed by atoms with Gasteiger partial charge in [0.1, 0.15) is 6.10 Å². The van der Waals surface area contributed by atoms with Crippen molar-refractivity contribution in [2.45, 2.75) is 83.0 Å². The summed E-state index contributed by atoms with van der Waals surface area (Å²) in [5.74, 6) is 0.329. The third kappa shape index (κ3) is 5.03. The van der Waals surface area contributed by atoms with Gasteiger partial charge in [0, 0.05) is 18.2 Å². The Morgan fingerprint density at radius 3 is 2.38 bits per heavy atom. The van der Waals surface area contributed by atoms with E-state index in [1.807, 2.05) is 35.2 Å². The first-order valence-corrected chi connectivity index (χ1v) is 12.7. The lowest BCUT2D eigenvalue weighted by molar-refractivity contribution is -0.149. The van der Waals surface area contributed by atoms with E-state index >= 15 is 0 Å². The van der Waals surface area contributed by atoms with Crippen LogP contribution in [0.25, 0.3) is 6.08 Å². The minimum absolute atomic E-state index is 0.0228. The third-order valence-corrected chi connectivity index (χ3v) is 7.45. The number of carbonyl (C=O) groups is 2. The van der Waals surface area contributed by atoms with Crippen LogP contribution in [-0.2, 0) is 16.1 Å². The predicted octanol–water partition coefficient (Wildman–Crippen LogP) is 5.38. The zero-order valence-corrected chi connectivity index (χ0v) is 20.0. The van der Waals surface area contributed by atoms with Gasteiger partial charge < -0.3 is 15.0 Å². The van der Waals surface area contributed by atoms with E-state index in [9.17, 15) is 9.59 Å². The number of fused-ring (bicyclic) bond motifs is 1. The molecule has 0 aromatic heterocycles. The fourth-order valence-electron chi connectivity index (χ4n) is 5.47. The van der Waals surface area contributed by atoms with Gasteiger partial charge in [-0.25, -0.2) is 0 Å². The average Bonchev–Trinajstić information content (AvgIpc) is 3.36. The van der Waals surface area contributed by atoms with Gasteiger partial charge in [-0.15, -0.1) is 0 Å². The molecule has 2 aromatic rings. The van der Waals surface area contributed by atoms with Gasteiger partial charge in [0.2, 0.25) is 0 Å². The minimum atomic E-state index is -0.0493. The lowest BCUT2D eigenvalue weighted by Crippen LogP contribution is -2.54. The van der Waals surface area contributed by atoms with Crippen molar-refractivity contribution in [2.75, 3.05) is 0 Å². The van der Waals surface area contributed by atoms with Gasteiger partial charge >= 0.3 is 0 Å². The Labute approximate surface area is 202 Å². The molecule has 2 aromatic carbocycles. The van der Waals surface area contributed by atoms with Crippen molar-refractivity contribution in [3.05, 3.63) is 76.5 Å². The van der Waals surface area contributed by atoms with Crippen LogP contribution >= 0.6 is 0 Å². The summed E-state index contributed by atoms with van der Waals surface area (Å²) in [5, 5.41) is 3.13. The van der Waals surface area contributed by atoms with Crippen molar-refractivity contribution in [3.8, 4) is 0 Å². The van der Waals surface area contributed by atoms with Crippen LogP contribution in [0.1, 0.15) is 78.4 Å². The highest BCUT2D eigenvalue weighted by Crippen LogP contribution is 2.34. The molecule has 1 N–H and O–H groups in total. The lowest BCUT2D eigenvalue weighted by atomic mass is 9.89. The average molecular weight is 459 g/mol. The van der Waals surface area contributed by atoms with Gasteiger partial charge in [0.15, 0.2) is 5.76 Å². The number of hydrogen-bond donors (Lipinski definition) is 1. The predicted molar refractivity (Wildman–Crippen MR) is 133 cm³/mol. The van der Waals surface area contributed by atoms with Crippen molar-refractivity contribution >= 4 is 17.9 Å². The Morgan fingerprint density at radius 2 is 1.65 bits per heavy atom. The van der Waals surface area contributed by atoms with Crippen molar-refractivity contribution < 1.29 is 14.3 Å². The van der Waals surface area contributed by atoms with E-state index < -0.39 is 0 Å². The molecule has 5 rings (SSSR count). The van der Waals surface area contributed by atoms with Gasteiger partial charge in [-0.3, -0.25) is 9.59 Å². The van der Waals surface area contributed by atoms with Crippen molar-refractivity contribution in [1.82, 2.24) is 10.2 Å². The zero-order valence-electron chi connectivity index (χ0n) is 20.0. The number of hydrogen-bond acceptors (Lipinski definition) is 3. The van der Waals surface area contributed by atoms with Crippen LogP contribution in [0.5, 0.6) is 0 Å². The summed E-state index contributed by atoms with van der Waals surface area (Å²) in [6.07, 6.45) is 10.6. The second kappa shape index (κ2) is 10.0. The number of benzene rings is 2. The van der Waals surface area contributed by atoms with Crippen LogP contribution in [0.15, 0.2) is 54.3 Å². The summed E-state index contributed by atoms with van der Waals surface area (Å²) in [7, 11) is 0. The molecule has 34 heavy (non-hydrogen) atoms. The molecule has 2 unspecified atom stereocenters. The molecule has 0 spiro atoms. The Morgan fingerprint density at radius 1 is 0.971 bits per heavy atom. The van der Waals surface area contributed by atoms with Gasteiger partial charge in [-0.1, -0.05) is 61.2 Å². The monoisotopic (exact) mass is 458 g/mol. The molecule has 2 atom stereocenters. The number of ether oxygens (including phenoxy) is 1. The molecular formula is C29H34N2O3. The molecule has 3 aliphatic rings. The Kier molecular flexibility index (Phi) is 6.70. The molecular weight excluding hydrogens is 424 g/mol.